The lowest BCUT2D eigenvalue weighted by Gasteiger charge is -2.08. The summed E-state index contributed by atoms with van der Waals surface area (Å²) in [5, 5.41) is 4.14. The number of rotatable bonds is 3. The van der Waals surface area contributed by atoms with E-state index in [9.17, 15) is 0 Å². The number of benzene rings is 1. The van der Waals surface area contributed by atoms with Crippen molar-refractivity contribution in [3.63, 3.8) is 0 Å². The Bertz CT molecular complexity index is 491. The number of anilines is 1. The molecule has 1 aromatic carbocycles. The number of nitrogen functional groups attached to an aromatic ring is 1. The SMILES string of the molecule is COc1ccc(Cn2nccc2N)cc1C. The van der Waals surface area contributed by atoms with Crippen LogP contribution in [0.1, 0.15) is 11.1 Å². The number of aryl methyl sites for hydroxylation is 1. The van der Waals surface area contributed by atoms with Gasteiger partial charge in [0.25, 0.3) is 0 Å². The highest BCUT2D eigenvalue weighted by Gasteiger charge is 2.02. The van der Waals surface area contributed by atoms with E-state index in [2.05, 4.69) is 11.2 Å². The molecule has 0 spiro atoms. The molecule has 16 heavy (non-hydrogen) atoms. The number of hydrogen-bond donors (Lipinski definition) is 1. The fourth-order valence-corrected chi connectivity index (χ4v) is 1.69. The van der Waals surface area contributed by atoms with Crippen LogP contribution >= 0.6 is 0 Å². The van der Waals surface area contributed by atoms with E-state index in [1.165, 1.54) is 0 Å². The molecule has 0 saturated carbocycles. The second-order valence-corrected chi connectivity index (χ2v) is 3.72. The van der Waals surface area contributed by atoms with Gasteiger partial charge in [-0.05, 0) is 30.2 Å². The van der Waals surface area contributed by atoms with E-state index in [-0.39, 0.29) is 0 Å². The maximum absolute atomic E-state index is 5.76. The van der Waals surface area contributed by atoms with Crippen LogP contribution in [0.2, 0.25) is 0 Å². The van der Waals surface area contributed by atoms with Crippen LogP contribution in [-0.2, 0) is 6.54 Å². The van der Waals surface area contributed by atoms with Crippen LogP contribution in [0.25, 0.3) is 0 Å². The Hall–Kier alpha value is -1.97. The normalized spacial score (nSPS) is 10.4. The van der Waals surface area contributed by atoms with E-state index in [0.29, 0.717) is 12.4 Å². The first-order valence-corrected chi connectivity index (χ1v) is 5.11. The van der Waals surface area contributed by atoms with Gasteiger partial charge in [-0.3, -0.25) is 0 Å². The fourth-order valence-electron chi connectivity index (χ4n) is 1.69. The number of hydrogen-bond acceptors (Lipinski definition) is 3. The van der Waals surface area contributed by atoms with E-state index in [1.54, 1.807) is 24.1 Å². The minimum atomic E-state index is 0.675. The summed E-state index contributed by atoms with van der Waals surface area (Å²) in [5.74, 6) is 1.57. The van der Waals surface area contributed by atoms with Gasteiger partial charge in [0.2, 0.25) is 0 Å². The molecule has 0 aliphatic carbocycles. The quantitative estimate of drug-likeness (QED) is 0.853. The molecule has 0 fully saturated rings. The monoisotopic (exact) mass is 217 g/mol. The highest BCUT2D eigenvalue weighted by Crippen LogP contribution is 2.19. The van der Waals surface area contributed by atoms with Gasteiger partial charge in [0, 0.05) is 0 Å². The van der Waals surface area contributed by atoms with Gasteiger partial charge in [-0.15, -0.1) is 0 Å². The molecule has 0 aliphatic heterocycles. The van der Waals surface area contributed by atoms with Crippen molar-refractivity contribution in [1.82, 2.24) is 9.78 Å². The Morgan fingerprint density at radius 1 is 1.38 bits per heavy atom. The van der Waals surface area contributed by atoms with Crippen molar-refractivity contribution in [1.29, 1.82) is 0 Å². The molecular formula is C12H15N3O. The van der Waals surface area contributed by atoms with Gasteiger partial charge in [-0.2, -0.15) is 5.10 Å². The summed E-state index contributed by atoms with van der Waals surface area (Å²) in [7, 11) is 1.67. The fraction of sp³-hybridized carbons (Fsp3) is 0.250. The van der Waals surface area contributed by atoms with Crippen LogP contribution in [0.3, 0.4) is 0 Å². The molecule has 0 aliphatic rings. The van der Waals surface area contributed by atoms with Gasteiger partial charge in [0.15, 0.2) is 0 Å². The second kappa shape index (κ2) is 4.26. The third-order valence-corrected chi connectivity index (χ3v) is 2.54. The molecule has 1 aromatic heterocycles. The average molecular weight is 217 g/mol. The van der Waals surface area contributed by atoms with Crippen molar-refractivity contribution in [2.24, 2.45) is 0 Å². The van der Waals surface area contributed by atoms with Crippen LogP contribution < -0.4 is 10.5 Å². The molecule has 0 atom stereocenters. The summed E-state index contributed by atoms with van der Waals surface area (Å²) in [6.45, 7) is 2.71. The molecule has 84 valence electrons. The maximum Gasteiger partial charge on any atom is 0.122 e. The summed E-state index contributed by atoms with van der Waals surface area (Å²) in [6, 6.07) is 7.85. The van der Waals surface area contributed by atoms with Crippen molar-refractivity contribution in [3.05, 3.63) is 41.6 Å². The van der Waals surface area contributed by atoms with Gasteiger partial charge in [-0.1, -0.05) is 12.1 Å². The maximum atomic E-state index is 5.76. The summed E-state index contributed by atoms with van der Waals surface area (Å²) in [4.78, 5) is 0. The third kappa shape index (κ3) is 2.00. The first-order valence-electron chi connectivity index (χ1n) is 5.11. The zero-order valence-corrected chi connectivity index (χ0v) is 9.47. The Kier molecular flexibility index (Phi) is 2.81. The number of methoxy groups -OCH3 is 1. The van der Waals surface area contributed by atoms with Crippen LogP contribution in [0.5, 0.6) is 5.75 Å². The molecule has 4 heteroatoms. The molecule has 2 rings (SSSR count). The van der Waals surface area contributed by atoms with Gasteiger partial charge >= 0.3 is 0 Å². The lowest BCUT2D eigenvalue weighted by molar-refractivity contribution is 0.411. The van der Waals surface area contributed by atoms with Crippen molar-refractivity contribution in [2.45, 2.75) is 13.5 Å². The van der Waals surface area contributed by atoms with Crippen LogP contribution in [0, 0.1) is 6.92 Å². The summed E-state index contributed by atoms with van der Waals surface area (Å²) < 4.78 is 6.98. The van der Waals surface area contributed by atoms with E-state index in [4.69, 9.17) is 10.5 Å². The van der Waals surface area contributed by atoms with Gasteiger partial charge in [0.05, 0.1) is 19.9 Å². The highest BCUT2D eigenvalue weighted by atomic mass is 16.5. The zero-order chi connectivity index (χ0) is 11.5. The van der Waals surface area contributed by atoms with Gasteiger partial charge < -0.3 is 10.5 Å². The van der Waals surface area contributed by atoms with Crippen molar-refractivity contribution >= 4 is 5.82 Å². The lowest BCUT2D eigenvalue weighted by Crippen LogP contribution is -2.05. The van der Waals surface area contributed by atoms with E-state index in [0.717, 1.165) is 16.9 Å². The van der Waals surface area contributed by atoms with Crippen LogP contribution in [0.4, 0.5) is 5.82 Å². The second-order valence-electron chi connectivity index (χ2n) is 3.72. The standard InChI is InChI=1S/C12H15N3O/c1-9-7-10(3-4-11(9)16-2)8-15-12(13)5-6-14-15/h3-7H,8,13H2,1-2H3. The van der Waals surface area contributed by atoms with Crippen molar-refractivity contribution < 1.29 is 4.74 Å². The molecule has 0 unspecified atom stereocenters. The Morgan fingerprint density at radius 3 is 2.75 bits per heavy atom. The lowest BCUT2D eigenvalue weighted by atomic mass is 10.1. The van der Waals surface area contributed by atoms with Gasteiger partial charge in [-0.25, -0.2) is 4.68 Å². The Morgan fingerprint density at radius 2 is 2.19 bits per heavy atom. The minimum Gasteiger partial charge on any atom is -0.496 e. The molecule has 1 heterocycles. The van der Waals surface area contributed by atoms with E-state index < -0.39 is 0 Å². The molecule has 2 N–H and O–H groups in total. The van der Waals surface area contributed by atoms with Crippen LogP contribution in [-0.4, -0.2) is 16.9 Å². The molecule has 0 radical (unpaired) electrons. The largest absolute Gasteiger partial charge is 0.496 e. The molecule has 4 nitrogen and oxygen atoms in total. The van der Waals surface area contributed by atoms with Crippen LogP contribution in [0.15, 0.2) is 30.5 Å². The molecule has 0 bridgehead atoms. The summed E-state index contributed by atoms with van der Waals surface area (Å²) in [6.07, 6.45) is 1.70. The predicted octanol–water partition coefficient (Wildman–Crippen LogP) is 1.83. The summed E-state index contributed by atoms with van der Waals surface area (Å²) >= 11 is 0. The first-order chi connectivity index (χ1) is 7.70. The number of aromatic nitrogens is 2. The Balaban J connectivity index is 2.23. The number of nitrogens with two attached hydrogens (primary N) is 1. The smallest absolute Gasteiger partial charge is 0.122 e. The minimum absolute atomic E-state index is 0.675. The van der Waals surface area contributed by atoms with Crippen molar-refractivity contribution in [2.75, 3.05) is 12.8 Å². The number of ether oxygens (including phenoxy) is 1. The predicted molar refractivity (Wildman–Crippen MR) is 63.5 cm³/mol. The molecule has 2 aromatic rings. The number of nitrogens with zero attached hydrogens (tertiary/aromatic N) is 2. The van der Waals surface area contributed by atoms with E-state index >= 15 is 0 Å². The zero-order valence-electron chi connectivity index (χ0n) is 9.47. The summed E-state index contributed by atoms with van der Waals surface area (Å²) in [5.41, 5.74) is 8.04. The average Bonchev–Trinajstić information content (AvgIpc) is 2.65. The van der Waals surface area contributed by atoms with E-state index in [1.807, 2.05) is 19.1 Å². The van der Waals surface area contributed by atoms with Crippen molar-refractivity contribution in [3.8, 4) is 5.75 Å². The Labute approximate surface area is 94.6 Å². The molecule has 0 amide bonds. The first kappa shape index (κ1) is 10.5. The van der Waals surface area contributed by atoms with Gasteiger partial charge in [0.1, 0.15) is 11.6 Å². The molecule has 0 saturated heterocycles. The highest BCUT2D eigenvalue weighted by molar-refractivity contribution is 5.37. The third-order valence-electron chi connectivity index (χ3n) is 2.54. The molecular weight excluding hydrogens is 202 g/mol. The topological polar surface area (TPSA) is 53.1 Å².